The summed E-state index contributed by atoms with van der Waals surface area (Å²) in [7, 11) is 3.84. The molecule has 1 aromatic rings. The molecule has 0 bridgehead atoms. The van der Waals surface area contributed by atoms with E-state index in [2.05, 4.69) is 31.4 Å². The van der Waals surface area contributed by atoms with Gasteiger partial charge in [-0.25, -0.2) is 0 Å². The van der Waals surface area contributed by atoms with E-state index in [0.717, 1.165) is 17.9 Å². The fourth-order valence-corrected chi connectivity index (χ4v) is 4.98. The van der Waals surface area contributed by atoms with Crippen LogP contribution in [0.3, 0.4) is 0 Å². The third-order valence-electron chi connectivity index (χ3n) is 5.94. The minimum absolute atomic E-state index is 0.156. The third-order valence-corrected chi connectivity index (χ3v) is 5.94. The van der Waals surface area contributed by atoms with Crippen molar-refractivity contribution in [3.8, 4) is 11.5 Å². The largest absolute Gasteiger partial charge is 0.493 e. The number of rotatable bonds is 2. The Balaban J connectivity index is 1.95. The van der Waals surface area contributed by atoms with Gasteiger partial charge in [0, 0.05) is 17.0 Å². The normalized spacial score (nSPS) is 37.2. The maximum atomic E-state index is 6.37. The first kappa shape index (κ1) is 12.5. The van der Waals surface area contributed by atoms with E-state index in [0.29, 0.717) is 18.1 Å². The van der Waals surface area contributed by atoms with Crippen molar-refractivity contribution < 1.29 is 9.47 Å². The number of hydrogen-bond donors (Lipinski definition) is 1. The highest BCUT2D eigenvalue weighted by atomic mass is 16.5. The molecule has 108 valence electrons. The summed E-state index contributed by atoms with van der Waals surface area (Å²) in [5.74, 6) is 2.60. The molecule has 4 rings (SSSR count). The third kappa shape index (κ3) is 1.34. The molecule has 3 nitrogen and oxygen atoms in total. The second kappa shape index (κ2) is 4.14. The Labute approximate surface area is 120 Å². The highest BCUT2D eigenvalue weighted by molar-refractivity contribution is 5.60. The summed E-state index contributed by atoms with van der Waals surface area (Å²) in [6, 6.07) is 4.88. The average Bonchev–Trinajstić information content (AvgIpc) is 2.78. The standard InChI is InChI=1S/C17H23NO2/c1-17-11-5-4-6-14(17)20-16-13(19-3)8-7-10(15(16)17)9-12(11)18-2/h7-8,11-12,14,18H,4-6,9H2,1-3H3/t11-,12?,14-,17?/m1/s1. The van der Waals surface area contributed by atoms with Gasteiger partial charge in [0.1, 0.15) is 6.10 Å². The SMILES string of the molecule is CNC1Cc2ccc(OC)c3c2C2(C)[C@@H]1CCC[C@H]2O3. The summed E-state index contributed by atoms with van der Waals surface area (Å²) in [6.45, 7) is 2.42. The van der Waals surface area contributed by atoms with Gasteiger partial charge in [0.15, 0.2) is 11.5 Å². The molecule has 20 heavy (non-hydrogen) atoms. The Hall–Kier alpha value is -1.22. The first-order chi connectivity index (χ1) is 9.70. The van der Waals surface area contributed by atoms with Crippen LogP contribution in [0.25, 0.3) is 0 Å². The van der Waals surface area contributed by atoms with E-state index < -0.39 is 0 Å². The van der Waals surface area contributed by atoms with Crippen LogP contribution in [0.15, 0.2) is 12.1 Å². The van der Waals surface area contributed by atoms with E-state index in [9.17, 15) is 0 Å². The molecule has 0 spiro atoms. The highest BCUT2D eigenvalue weighted by Crippen LogP contribution is 2.59. The molecular formula is C17H23NO2. The van der Waals surface area contributed by atoms with Gasteiger partial charge in [0.25, 0.3) is 0 Å². The molecule has 3 heteroatoms. The second-order valence-electron chi connectivity index (χ2n) is 6.66. The molecule has 2 aliphatic carbocycles. The Morgan fingerprint density at radius 3 is 2.95 bits per heavy atom. The minimum atomic E-state index is 0.156. The number of ether oxygens (including phenoxy) is 2. The summed E-state index contributed by atoms with van der Waals surface area (Å²) in [4.78, 5) is 0. The van der Waals surface area contributed by atoms with E-state index in [4.69, 9.17) is 9.47 Å². The lowest BCUT2D eigenvalue weighted by Gasteiger charge is -2.49. The molecule has 2 unspecified atom stereocenters. The van der Waals surface area contributed by atoms with E-state index in [1.807, 2.05) is 0 Å². The Bertz CT molecular complexity index is 556. The Morgan fingerprint density at radius 2 is 2.20 bits per heavy atom. The van der Waals surface area contributed by atoms with Crippen LogP contribution in [0.4, 0.5) is 0 Å². The molecule has 1 saturated carbocycles. The zero-order valence-electron chi connectivity index (χ0n) is 12.5. The van der Waals surface area contributed by atoms with Crippen LogP contribution in [0.2, 0.25) is 0 Å². The van der Waals surface area contributed by atoms with Crippen molar-refractivity contribution >= 4 is 0 Å². The van der Waals surface area contributed by atoms with E-state index in [-0.39, 0.29) is 5.41 Å². The number of hydrogen-bond acceptors (Lipinski definition) is 3. The Morgan fingerprint density at radius 1 is 1.35 bits per heavy atom. The van der Waals surface area contributed by atoms with Gasteiger partial charge in [-0.3, -0.25) is 0 Å². The Kier molecular flexibility index (Phi) is 2.59. The van der Waals surface area contributed by atoms with Gasteiger partial charge in [0.2, 0.25) is 0 Å². The topological polar surface area (TPSA) is 30.5 Å². The van der Waals surface area contributed by atoms with Gasteiger partial charge in [0.05, 0.1) is 7.11 Å². The van der Waals surface area contributed by atoms with E-state index in [1.54, 1.807) is 7.11 Å². The quantitative estimate of drug-likeness (QED) is 0.898. The molecule has 1 aliphatic heterocycles. The molecule has 1 heterocycles. The predicted octanol–water partition coefficient (Wildman–Crippen LogP) is 2.66. The summed E-state index contributed by atoms with van der Waals surface area (Å²) in [5, 5.41) is 3.55. The van der Waals surface area contributed by atoms with Crippen molar-refractivity contribution in [2.45, 2.75) is 50.2 Å². The molecule has 0 radical (unpaired) electrons. The van der Waals surface area contributed by atoms with Crippen LogP contribution >= 0.6 is 0 Å². The lowest BCUT2D eigenvalue weighted by atomic mass is 9.56. The fourth-order valence-electron chi connectivity index (χ4n) is 4.98. The average molecular weight is 273 g/mol. The van der Waals surface area contributed by atoms with Crippen LogP contribution in [0.5, 0.6) is 11.5 Å². The molecule has 3 aliphatic rings. The molecular weight excluding hydrogens is 250 g/mol. The number of likely N-dealkylation sites (N-methyl/N-ethyl adjacent to an activating group) is 1. The summed E-state index contributed by atoms with van der Waals surface area (Å²) >= 11 is 0. The van der Waals surface area contributed by atoms with Crippen LogP contribution in [-0.4, -0.2) is 26.3 Å². The summed E-state index contributed by atoms with van der Waals surface area (Å²) in [5.41, 5.74) is 3.05. The molecule has 0 saturated heterocycles. The van der Waals surface area contributed by atoms with Crippen molar-refractivity contribution in [1.29, 1.82) is 0 Å². The minimum Gasteiger partial charge on any atom is -0.493 e. The maximum absolute atomic E-state index is 6.37. The number of benzene rings is 1. The monoisotopic (exact) mass is 273 g/mol. The maximum Gasteiger partial charge on any atom is 0.165 e. The second-order valence-corrected chi connectivity index (χ2v) is 6.66. The van der Waals surface area contributed by atoms with Gasteiger partial charge in [-0.15, -0.1) is 0 Å². The van der Waals surface area contributed by atoms with Crippen molar-refractivity contribution in [2.75, 3.05) is 14.2 Å². The van der Waals surface area contributed by atoms with Gasteiger partial charge < -0.3 is 14.8 Å². The van der Waals surface area contributed by atoms with Crippen LogP contribution < -0.4 is 14.8 Å². The highest BCUT2D eigenvalue weighted by Gasteiger charge is 2.58. The lowest BCUT2D eigenvalue weighted by molar-refractivity contribution is 0.0410. The van der Waals surface area contributed by atoms with E-state index in [1.165, 1.54) is 30.4 Å². The smallest absolute Gasteiger partial charge is 0.165 e. The van der Waals surface area contributed by atoms with Gasteiger partial charge in [-0.1, -0.05) is 13.0 Å². The lowest BCUT2D eigenvalue weighted by Crippen LogP contribution is -2.56. The first-order valence-corrected chi connectivity index (χ1v) is 7.74. The summed E-state index contributed by atoms with van der Waals surface area (Å²) < 4.78 is 11.9. The van der Waals surface area contributed by atoms with Crippen molar-refractivity contribution in [3.63, 3.8) is 0 Å². The zero-order chi connectivity index (χ0) is 13.9. The van der Waals surface area contributed by atoms with E-state index >= 15 is 0 Å². The molecule has 1 N–H and O–H groups in total. The molecule has 0 aromatic heterocycles. The summed E-state index contributed by atoms with van der Waals surface area (Å²) in [6.07, 6.45) is 5.18. The number of nitrogens with one attached hydrogen (secondary N) is 1. The van der Waals surface area contributed by atoms with Gasteiger partial charge in [-0.2, -0.15) is 0 Å². The van der Waals surface area contributed by atoms with Crippen LogP contribution in [0, 0.1) is 5.92 Å². The van der Waals surface area contributed by atoms with Crippen molar-refractivity contribution in [3.05, 3.63) is 23.3 Å². The van der Waals surface area contributed by atoms with Crippen LogP contribution in [0.1, 0.15) is 37.3 Å². The van der Waals surface area contributed by atoms with Gasteiger partial charge >= 0.3 is 0 Å². The molecule has 4 atom stereocenters. The molecule has 0 amide bonds. The molecule has 1 fully saturated rings. The molecule has 1 aromatic carbocycles. The number of methoxy groups -OCH3 is 1. The predicted molar refractivity (Wildman–Crippen MR) is 78.7 cm³/mol. The van der Waals surface area contributed by atoms with Gasteiger partial charge in [-0.05, 0) is 50.3 Å². The van der Waals surface area contributed by atoms with Crippen molar-refractivity contribution in [2.24, 2.45) is 5.92 Å². The van der Waals surface area contributed by atoms with Crippen LogP contribution in [-0.2, 0) is 11.8 Å². The fraction of sp³-hybridized carbons (Fsp3) is 0.647. The van der Waals surface area contributed by atoms with Crippen molar-refractivity contribution in [1.82, 2.24) is 5.32 Å². The zero-order valence-corrected chi connectivity index (χ0v) is 12.5. The first-order valence-electron chi connectivity index (χ1n) is 7.74.